The first kappa shape index (κ1) is 12.9. The molecule has 18 heavy (non-hydrogen) atoms. The van der Waals surface area contributed by atoms with E-state index in [9.17, 15) is 0 Å². The highest BCUT2D eigenvalue weighted by molar-refractivity contribution is 5.22. The molecular formula is C15H19NO2. The lowest BCUT2D eigenvalue weighted by Crippen LogP contribution is -2.16. The molecule has 96 valence electrons. The zero-order valence-electron chi connectivity index (χ0n) is 10.6. The quantitative estimate of drug-likeness (QED) is 0.768. The van der Waals surface area contributed by atoms with Crippen LogP contribution in [0.1, 0.15) is 22.6 Å². The first-order valence-electron chi connectivity index (χ1n) is 6.22. The molecule has 0 unspecified atom stereocenters. The van der Waals surface area contributed by atoms with Crippen LogP contribution in [0.25, 0.3) is 0 Å². The molecule has 0 amide bonds. The van der Waals surface area contributed by atoms with Crippen molar-refractivity contribution in [2.24, 2.45) is 0 Å². The van der Waals surface area contributed by atoms with Crippen LogP contribution >= 0.6 is 0 Å². The Morgan fingerprint density at radius 3 is 2.72 bits per heavy atom. The highest BCUT2D eigenvalue weighted by atomic mass is 16.4. The number of benzene rings is 1. The fraction of sp³-hybridized carbons (Fsp3) is 0.333. The maximum Gasteiger partial charge on any atom is 0.129 e. The van der Waals surface area contributed by atoms with Gasteiger partial charge in [0, 0.05) is 0 Å². The zero-order valence-corrected chi connectivity index (χ0v) is 10.6. The Balaban J connectivity index is 1.72. The molecule has 0 radical (unpaired) electrons. The predicted octanol–water partition coefficient (Wildman–Crippen LogP) is 2.41. The van der Waals surface area contributed by atoms with E-state index in [0.717, 1.165) is 18.7 Å². The molecule has 1 aromatic heterocycles. The van der Waals surface area contributed by atoms with Crippen molar-refractivity contribution in [1.29, 1.82) is 0 Å². The van der Waals surface area contributed by atoms with E-state index in [1.165, 1.54) is 11.1 Å². The lowest BCUT2D eigenvalue weighted by atomic mass is 10.1. The van der Waals surface area contributed by atoms with Gasteiger partial charge in [-0.2, -0.15) is 0 Å². The number of aryl methyl sites for hydroxylation is 1. The van der Waals surface area contributed by atoms with Crippen molar-refractivity contribution in [3.05, 3.63) is 59.0 Å². The molecule has 0 aliphatic rings. The van der Waals surface area contributed by atoms with Crippen molar-refractivity contribution in [2.75, 3.05) is 6.54 Å². The SMILES string of the molecule is Cc1cccc(CCNCc2ccc(CO)o2)c1. The van der Waals surface area contributed by atoms with Crippen molar-refractivity contribution in [1.82, 2.24) is 5.32 Å². The number of aliphatic hydroxyl groups is 1. The molecule has 2 rings (SSSR count). The Bertz CT molecular complexity index is 491. The smallest absolute Gasteiger partial charge is 0.129 e. The third kappa shape index (κ3) is 3.72. The van der Waals surface area contributed by atoms with Gasteiger partial charge in [-0.1, -0.05) is 29.8 Å². The van der Waals surface area contributed by atoms with E-state index in [4.69, 9.17) is 9.52 Å². The van der Waals surface area contributed by atoms with Crippen LogP contribution in [0.5, 0.6) is 0 Å². The summed E-state index contributed by atoms with van der Waals surface area (Å²) in [7, 11) is 0. The van der Waals surface area contributed by atoms with E-state index >= 15 is 0 Å². The Kier molecular flexibility index (Phi) is 4.56. The van der Waals surface area contributed by atoms with Gasteiger partial charge in [0.1, 0.15) is 18.1 Å². The van der Waals surface area contributed by atoms with Crippen molar-refractivity contribution in [3.63, 3.8) is 0 Å². The molecule has 0 aliphatic heterocycles. The van der Waals surface area contributed by atoms with E-state index in [0.29, 0.717) is 12.3 Å². The van der Waals surface area contributed by atoms with Crippen molar-refractivity contribution < 1.29 is 9.52 Å². The summed E-state index contributed by atoms with van der Waals surface area (Å²) >= 11 is 0. The molecule has 2 aromatic rings. The first-order valence-corrected chi connectivity index (χ1v) is 6.22. The second-order valence-corrected chi connectivity index (χ2v) is 4.44. The summed E-state index contributed by atoms with van der Waals surface area (Å²) < 4.78 is 5.39. The first-order chi connectivity index (χ1) is 8.78. The molecule has 0 bridgehead atoms. The van der Waals surface area contributed by atoms with Gasteiger partial charge in [0.05, 0.1) is 6.54 Å². The van der Waals surface area contributed by atoms with Crippen LogP contribution < -0.4 is 5.32 Å². The minimum atomic E-state index is -0.0384. The standard InChI is InChI=1S/C15H19NO2/c1-12-3-2-4-13(9-12)7-8-16-10-14-5-6-15(11-17)18-14/h2-6,9,16-17H,7-8,10-11H2,1H3. The Morgan fingerprint density at radius 1 is 1.17 bits per heavy atom. The number of furan rings is 1. The molecule has 1 aromatic carbocycles. The number of nitrogens with one attached hydrogen (secondary N) is 1. The van der Waals surface area contributed by atoms with Gasteiger partial charge >= 0.3 is 0 Å². The minimum Gasteiger partial charge on any atom is -0.462 e. The number of aliphatic hydroxyl groups excluding tert-OH is 1. The Labute approximate surface area is 107 Å². The summed E-state index contributed by atoms with van der Waals surface area (Å²) in [5.74, 6) is 1.48. The zero-order chi connectivity index (χ0) is 12.8. The van der Waals surface area contributed by atoms with Crippen molar-refractivity contribution >= 4 is 0 Å². The Morgan fingerprint density at radius 2 is 2.00 bits per heavy atom. The van der Waals surface area contributed by atoms with Gasteiger partial charge in [-0.15, -0.1) is 0 Å². The van der Waals surface area contributed by atoms with Crippen LogP contribution in [0.4, 0.5) is 0 Å². The third-order valence-electron chi connectivity index (χ3n) is 2.85. The maximum absolute atomic E-state index is 8.88. The van der Waals surface area contributed by atoms with Gasteiger partial charge in [0.25, 0.3) is 0 Å². The van der Waals surface area contributed by atoms with E-state index in [2.05, 4.69) is 36.5 Å². The molecule has 0 saturated heterocycles. The lowest BCUT2D eigenvalue weighted by molar-refractivity contribution is 0.243. The van der Waals surface area contributed by atoms with Gasteiger partial charge in [-0.05, 0) is 37.6 Å². The van der Waals surface area contributed by atoms with E-state index in [1.807, 2.05) is 6.07 Å². The molecule has 1 heterocycles. The molecular weight excluding hydrogens is 226 g/mol. The highest BCUT2D eigenvalue weighted by Gasteiger charge is 2.00. The molecule has 0 spiro atoms. The average Bonchev–Trinajstić information content (AvgIpc) is 2.83. The fourth-order valence-corrected chi connectivity index (χ4v) is 1.91. The molecule has 3 nitrogen and oxygen atoms in total. The van der Waals surface area contributed by atoms with Gasteiger partial charge in [-0.25, -0.2) is 0 Å². The number of hydrogen-bond acceptors (Lipinski definition) is 3. The van der Waals surface area contributed by atoms with Crippen LogP contribution in [-0.2, 0) is 19.6 Å². The lowest BCUT2D eigenvalue weighted by Gasteiger charge is -2.04. The van der Waals surface area contributed by atoms with Crippen LogP contribution in [0.2, 0.25) is 0 Å². The van der Waals surface area contributed by atoms with E-state index in [-0.39, 0.29) is 6.61 Å². The highest BCUT2D eigenvalue weighted by Crippen LogP contribution is 2.07. The fourth-order valence-electron chi connectivity index (χ4n) is 1.91. The maximum atomic E-state index is 8.88. The molecule has 0 aliphatic carbocycles. The number of hydrogen-bond donors (Lipinski definition) is 2. The molecule has 0 atom stereocenters. The summed E-state index contributed by atoms with van der Waals surface area (Å²) in [6, 6.07) is 12.2. The van der Waals surface area contributed by atoms with Crippen LogP contribution in [0, 0.1) is 6.92 Å². The average molecular weight is 245 g/mol. The largest absolute Gasteiger partial charge is 0.462 e. The normalized spacial score (nSPS) is 10.8. The van der Waals surface area contributed by atoms with Crippen LogP contribution in [0.3, 0.4) is 0 Å². The van der Waals surface area contributed by atoms with Gasteiger partial charge in [0.15, 0.2) is 0 Å². The van der Waals surface area contributed by atoms with Gasteiger partial charge in [-0.3, -0.25) is 0 Å². The summed E-state index contributed by atoms with van der Waals surface area (Å²) in [6.07, 6.45) is 1.01. The Hall–Kier alpha value is -1.58. The second-order valence-electron chi connectivity index (χ2n) is 4.44. The summed E-state index contributed by atoms with van der Waals surface area (Å²) in [5, 5.41) is 12.2. The summed E-state index contributed by atoms with van der Waals surface area (Å²) in [4.78, 5) is 0. The van der Waals surface area contributed by atoms with E-state index in [1.54, 1.807) is 6.07 Å². The summed E-state index contributed by atoms with van der Waals surface area (Å²) in [6.45, 7) is 3.68. The van der Waals surface area contributed by atoms with Crippen molar-refractivity contribution in [2.45, 2.75) is 26.5 Å². The van der Waals surface area contributed by atoms with Crippen molar-refractivity contribution in [3.8, 4) is 0 Å². The molecule has 2 N–H and O–H groups in total. The molecule has 0 fully saturated rings. The monoisotopic (exact) mass is 245 g/mol. The minimum absolute atomic E-state index is 0.0384. The van der Waals surface area contributed by atoms with Crippen LogP contribution in [0.15, 0.2) is 40.8 Å². The molecule has 0 saturated carbocycles. The third-order valence-corrected chi connectivity index (χ3v) is 2.85. The predicted molar refractivity (Wildman–Crippen MR) is 71.2 cm³/mol. The van der Waals surface area contributed by atoms with E-state index < -0.39 is 0 Å². The number of rotatable bonds is 6. The molecule has 3 heteroatoms. The second kappa shape index (κ2) is 6.38. The summed E-state index contributed by atoms with van der Waals surface area (Å²) in [5.41, 5.74) is 2.64. The van der Waals surface area contributed by atoms with Gasteiger partial charge < -0.3 is 14.8 Å². The van der Waals surface area contributed by atoms with Gasteiger partial charge in [0.2, 0.25) is 0 Å². The topological polar surface area (TPSA) is 45.4 Å². The van der Waals surface area contributed by atoms with Crippen LogP contribution in [-0.4, -0.2) is 11.7 Å².